The summed E-state index contributed by atoms with van der Waals surface area (Å²) in [7, 11) is 0. The molecule has 2 aliphatic heterocycles. The molecule has 0 bridgehead atoms. The Morgan fingerprint density at radius 1 is 0.900 bits per heavy atom. The van der Waals surface area contributed by atoms with Crippen molar-refractivity contribution in [3.05, 3.63) is 95.1 Å². The van der Waals surface area contributed by atoms with Gasteiger partial charge in [0.05, 0.1) is 28.1 Å². The third-order valence-electron chi connectivity index (χ3n) is 5.85. The monoisotopic (exact) mass is 427 g/mol. The zero-order valence-corrected chi connectivity index (χ0v) is 17.6. The van der Waals surface area contributed by atoms with E-state index >= 15 is 0 Å². The van der Waals surface area contributed by atoms with Crippen LogP contribution in [0.25, 0.3) is 0 Å². The maximum Gasteiger partial charge on any atom is 0.180 e. The van der Waals surface area contributed by atoms with Crippen molar-refractivity contribution in [1.82, 2.24) is 0 Å². The lowest BCUT2D eigenvalue weighted by Gasteiger charge is -2.33. The fourth-order valence-corrected chi connectivity index (χ4v) is 6.55. The summed E-state index contributed by atoms with van der Waals surface area (Å²) in [6, 6.07) is 16.8. The van der Waals surface area contributed by atoms with Crippen molar-refractivity contribution in [3.63, 3.8) is 0 Å². The Morgan fingerprint density at radius 2 is 1.60 bits per heavy atom. The molecule has 2 aromatic carbocycles. The molecule has 0 amide bonds. The lowest BCUT2D eigenvalue weighted by atomic mass is 10.0. The minimum atomic E-state index is -0.277. The topological polar surface area (TPSA) is 37.4 Å². The SMILES string of the molecule is O=C1/C(=C\C2=CC=C(N3c4ccccc4Sc4ccccc43)C2)C(=O)C2SC=CC12. The number of anilines is 2. The van der Waals surface area contributed by atoms with E-state index in [-0.39, 0.29) is 22.7 Å². The molecule has 0 radical (unpaired) electrons. The smallest absolute Gasteiger partial charge is 0.180 e. The average Bonchev–Trinajstić information content (AvgIpc) is 3.48. The maximum atomic E-state index is 12.7. The summed E-state index contributed by atoms with van der Waals surface area (Å²) >= 11 is 3.25. The number of rotatable bonds is 2. The van der Waals surface area contributed by atoms with Crippen LogP contribution in [0.3, 0.4) is 0 Å². The lowest BCUT2D eigenvalue weighted by molar-refractivity contribution is -0.117. The molecule has 2 aliphatic carbocycles. The zero-order chi connectivity index (χ0) is 20.2. The molecule has 5 heteroatoms. The van der Waals surface area contributed by atoms with Crippen LogP contribution in [0.1, 0.15) is 6.42 Å². The van der Waals surface area contributed by atoms with Crippen molar-refractivity contribution < 1.29 is 9.59 Å². The fraction of sp³-hybridized carbons (Fsp3) is 0.120. The molecule has 4 aliphatic rings. The number of carbonyl (C=O) groups excluding carboxylic acids is 2. The highest BCUT2D eigenvalue weighted by molar-refractivity contribution is 8.03. The van der Waals surface area contributed by atoms with Gasteiger partial charge in [-0.15, -0.1) is 11.8 Å². The van der Waals surface area contributed by atoms with E-state index < -0.39 is 0 Å². The number of hydrogen-bond donors (Lipinski definition) is 0. The van der Waals surface area contributed by atoms with Gasteiger partial charge in [0.25, 0.3) is 0 Å². The molecule has 0 aromatic heterocycles. The molecule has 2 heterocycles. The lowest BCUT2D eigenvalue weighted by Crippen LogP contribution is -2.19. The molecular weight excluding hydrogens is 410 g/mol. The summed E-state index contributed by atoms with van der Waals surface area (Å²) in [5.74, 6) is -0.342. The van der Waals surface area contributed by atoms with Crippen LogP contribution in [0.2, 0.25) is 0 Å². The minimum absolute atomic E-state index is 0.0283. The van der Waals surface area contributed by atoms with E-state index in [1.807, 2.05) is 23.6 Å². The Kier molecular flexibility index (Phi) is 4.15. The number of Topliss-reactive ketones (excluding diaryl/α,β-unsaturated/α-hetero) is 2. The Morgan fingerprint density at radius 3 is 2.30 bits per heavy atom. The van der Waals surface area contributed by atoms with Crippen LogP contribution in [-0.2, 0) is 9.59 Å². The minimum Gasteiger partial charge on any atom is -0.312 e. The highest BCUT2D eigenvalue weighted by Gasteiger charge is 2.46. The second-order valence-electron chi connectivity index (χ2n) is 7.65. The van der Waals surface area contributed by atoms with Crippen molar-refractivity contribution in [2.75, 3.05) is 4.90 Å². The molecule has 2 aromatic rings. The third kappa shape index (κ3) is 2.69. The van der Waals surface area contributed by atoms with Gasteiger partial charge in [-0.3, -0.25) is 9.59 Å². The van der Waals surface area contributed by atoms with Gasteiger partial charge in [0, 0.05) is 21.9 Å². The van der Waals surface area contributed by atoms with E-state index in [2.05, 4.69) is 59.5 Å². The van der Waals surface area contributed by atoms with E-state index in [1.54, 1.807) is 11.8 Å². The third-order valence-corrected chi connectivity index (χ3v) is 8.10. The Balaban J connectivity index is 1.32. The molecule has 1 fully saturated rings. The summed E-state index contributed by atoms with van der Waals surface area (Å²) in [4.78, 5) is 30.1. The summed E-state index contributed by atoms with van der Waals surface area (Å²) in [6.45, 7) is 0. The Labute approximate surface area is 183 Å². The molecule has 1 saturated carbocycles. The van der Waals surface area contributed by atoms with Crippen molar-refractivity contribution in [3.8, 4) is 0 Å². The second kappa shape index (κ2) is 6.89. The first-order valence-electron chi connectivity index (χ1n) is 9.89. The van der Waals surface area contributed by atoms with Gasteiger partial charge in [0.15, 0.2) is 11.6 Å². The maximum absolute atomic E-state index is 12.7. The Bertz CT molecular complexity index is 1190. The van der Waals surface area contributed by atoms with Gasteiger partial charge < -0.3 is 4.90 Å². The molecule has 2 unspecified atom stereocenters. The first-order valence-corrected chi connectivity index (χ1v) is 11.6. The molecule has 6 rings (SSSR count). The van der Waals surface area contributed by atoms with Crippen LogP contribution in [0.5, 0.6) is 0 Å². The first-order chi connectivity index (χ1) is 14.7. The highest BCUT2D eigenvalue weighted by Crippen LogP contribution is 2.51. The molecular formula is C25H17NO2S2. The summed E-state index contributed by atoms with van der Waals surface area (Å²) in [5, 5.41) is 1.62. The van der Waals surface area contributed by atoms with Crippen LogP contribution in [-0.4, -0.2) is 16.8 Å². The number of para-hydroxylation sites is 2. The van der Waals surface area contributed by atoms with Crippen LogP contribution in [0.4, 0.5) is 11.4 Å². The van der Waals surface area contributed by atoms with E-state index in [0.717, 1.165) is 11.3 Å². The van der Waals surface area contributed by atoms with Gasteiger partial charge in [-0.05, 0) is 47.4 Å². The van der Waals surface area contributed by atoms with Gasteiger partial charge in [-0.1, -0.05) is 48.2 Å². The van der Waals surface area contributed by atoms with Crippen molar-refractivity contribution in [2.24, 2.45) is 5.92 Å². The quantitative estimate of drug-likeness (QED) is 0.445. The van der Waals surface area contributed by atoms with Crippen LogP contribution < -0.4 is 4.90 Å². The van der Waals surface area contributed by atoms with Gasteiger partial charge in [-0.2, -0.15) is 0 Å². The number of ketones is 2. The normalized spacial score (nSPS) is 25.3. The van der Waals surface area contributed by atoms with Crippen LogP contribution >= 0.6 is 23.5 Å². The van der Waals surface area contributed by atoms with E-state index in [0.29, 0.717) is 12.0 Å². The average molecular weight is 428 g/mol. The number of carbonyl (C=O) groups is 2. The van der Waals surface area contributed by atoms with Gasteiger partial charge in [0.1, 0.15) is 0 Å². The molecule has 0 spiro atoms. The number of hydrogen-bond acceptors (Lipinski definition) is 5. The molecule has 30 heavy (non-hydrogen) atoms. The molecule has 0 N–H and O–H groups in total. The molecule has 3 nitrogen and oxygen atoms in total. The Hall–Kier alpha value is -2.76. The van der Waals surface area contributed by atoms with Gasteiger partial charge >= 0.3 is 0 Å². The fourth-order valence-electron chi connectivity index (χ4n) is 4.43. The number of nitrogens with zero attached hydrogens (tertiary/aromatic N) is 1. The van der Waals surface area contributed by atoms with Crippen molar-refractivity contribution in [1.29, 1.82) is 0 Å². The molecule has 0 saturated heterocycles. The van der Waals surface area contributed by atoms with Crippen LogP contribution in [0.15, 0.2) is 105 Å². The van der Waals surface area contributed by atoms with Crippen LogP contribution in [0, 0.1) is 5.92 Å². The number of thioether (sulfide) groups is 1. The number of benzene rings is 2. The number of fused-ring (bicyclic) bond motifs is 3. The summed E-state index contributed by atoms with van der Waals surface area (Å²) < 4.78 is 0. The molecule has 2 atom stereocenters. The van der Waals surface area contributed by atoms with Gasteiger partial charge in [-0.25, -0.2) is 0 Å². The van der Waals surface area contributed by atoms with E-state index in [1.165, 1.54) is 32.9 Å². The van der Waals surface area contributed by atoms with E-state index in [9.17, 15) is 9.59 Å². The van der Waals surface area contributed by atoms with Gasteiger partial charge in [0.2, 0.25) is 0 Å². The highest BCUT2D eigenvalue weighted by atomic mass is 32.2. The van der Waals surface area contributed by atoms with Crippen molar-refractivity contribution >= 4 is 46.5 Å². The predicted octanol–water partition coefficient (Wildman–Crippen LogP) is 5.83. The predicted molar refractivity (Wildman–Crippen MR) is 122 cm³/mol. The zero-order valence-electron chi connectivity index (χ0n) is 15.9. The van der Waals surface area contributed by atoms with E-state index in [4.69, 9.17) is 0 Å². The summed E-state index contributed by atoms with van der Waals surface area (Å²) in [5.41, 5.74) is 4.84. The first kappa shape index (κ1) is 18.0. The largest absolute Gasteiger partial charge is 0.312 e. The second-order valence-corrected chi connectivity index (χ2v) is 9.78. The molecule has 146 valence electrons. The standard InChI is InChI=1S/C25H17NO2S2/c27-23-17-11-12-29-25(17)24(28)18(23)14-15-9-10-16(13-15)26-19-5-1-3-7-21(19)30-22-8-4-2-6-20(22)26/h1-12,14,17,25H,13H2/b18-14+. The summed E-state index contributed by atoms with van der Waals surface area (Å²) in [6.07, 6.45) is 8.51. The number of allylic oxidation sites excluding steroid dienone is 6. The van der Waals surface area contributed by atoms with Crippen molar-refractivity contribution in [2.45, 2.75) is 21.5 Å².